The van der Waals surface area contributed by atoms with Gasteiger partial charge in [0.05, 0.1) is 10.8 Å². The van der Waals surface area contributed by atoms with Gasteiger partial charge < -0.3 is 19.2 Å². The Morgan fingerprint density at radius 1 is 1.19 bits per heavy atom. The topological polar surface area (TPSA) is 99.4 Å². The first-order valence-corrected chi connectivity index (χ1v) is 8.81. The number of ether oxygens (including phenoxy) is 2. The van der Waals surface area contributed by atoms with Crippen LogP contribution in [0.5, 0.6) is 11.5 Å². The Morgan fingerprint density at radius 2 is 2.08 bits per heavy atom. The number of fused-ring (bicyclic) bond motifs is 1. The predicted molar refractivity (Wildman–Crippen MR) is 94.5 cm³/mol. The summed E-state index contributed by atoms with van der Waals surface area (Å²) in [5, 5.41) is 11.4. The number of carbonyl (C=O) groups is 1. The average molecular weight is 391 g/mol. The molecule has 1 aromatic carbocycles. The number of halogens is 1. The molecule has 0 radical (unpaired) electrons. The smallest absolute Gasteiger partial charge is 0.277 e. The first-order chi connectivity index (χ1) is 12.7. The van der Waals surface area contributed by atoms with Gasteiger partial charge in [-0.25, -0.2) is 4.98 Å². The molecule has 3 aromatic rings. The summed E-state index contributed by atoms with van der Waals surface area (Å²) in [7, 11) is 0. The van der Waals surface area contributed by atoms with Crippen molar-refractivity contribution in [3.63, 3.8) is 0 Å². The Bertz CT molecular complexity index is 948. The number of aromatic nitrogens is 3. The third kappa shape index (κ3) is 3.73. The van der Waals surface area contributed by atoms with Crippen LogP contribution in [0.3, 0.4) is 0 Å². The summed E-state index contributed by atoms with van der Waals surface area (Å²) in [5.41, 5.74) is 0.711. The van der Waals surface area contributed by atoms with Crippen LogP contribution in [0.15, 0.2) is 46.2 Å². The van der Waals surface area contributed by atoms with Crippen molar-refractivity contribution in [1.82, 2.24) is 15.2 Å². The van der Waals surface area contributed by atoms with Crippen LogP contribution in [-0.4, -0.2) is 33.6 Å². The number of rotatable bonds is 5. The molecule has 0 saturated heterocycles. The van der Waals surface area contributed by atoms with E-state index in [-0.39, 0.29) is 23.7 Å². The number of hydrogen-bond donors (Lipinski definition) is 1. The zero-order valence-electron chi connectivity index (χ0n) is 13.1. The van der Waals surface area contributed by atoms with Gasteiger partial charge in [0.25, 0.3) is 5.22 Å². The van der Waals surface area contributed by atoms with Crippen LogP contribution >= 0.6 is 23.4 Å². The third-order valence-corrected chi connectivity index (χ3v) is 4.39. The highest BCUT2D eigenvalue weighted by Gasteiger charge is 2.17. The average Bonchev–Trinajstić information content (AvgIpc) is 3.30. The molecule has 132 valence electrons. The van der Waals surface area contributed by atoms with E-state index >= 15 is 0 Å². The van der Waals surface area contributed by atoms with Crippen LogP contribution in [0.2, 0.25) is 5.02 Å². The summed E-state index contributed by atoms with van der Waals surface area (Å²) in [6.07, 6.45) is 1.46. The van der Waals surface area contributed by atoms with Crippen molar-refractivity contribution in [2.24, 2.45) is 0 Å². The second-order valence-electron chi connectivity index (χ2n) is 5.14. The molecular weight excluding hydrogens is 380 g/mol. The van der Waals surface area contributed by atoms with E-state index in [9.17, 15) is 4.79 Å². The first-order valence-electron chi connectivity index (χ1n) is 7.45. The highest BCUT2D eigenvalue weighted by Crippen LogP contribution is 2.36. The lowest BCUT2D eigenvalue weighted by Gasteiger charge is -2.02. The third-order valence-electron chi connectivity index (χ3n) is 3.35. The number of amides is 1. The maximum absolute atomic E-state index is 12.0. The van der Waals surface area contributed by atoms with E-state index in [1.165, 1.54) is 6.20 Å². The van der Waals surface area contributed by atoms with Crippen LogP contribution < -0.4 is 14.8 Å². The Morgan fingerprint density at radius 3 is 2.92 bits per heavy atom. The van der Waals surface area contributed by atoms with Gasteiger partial charge in [-0.05, 0) is 30.3 Å². The largest absolute Gasteiger partial charge is 0.454 e. The summed E-state index contributed by atoms with van der Waals surface area (Å²) in [4.78, 5) is 15.9. The standard InChI is InChI=1S/C16H11ClN4O4S/c17-10-2-4-13(18-6-10)19-14(22)7-26-16-21-20-15(25-16)9-1-3-11-12(5-9)24-8-23-11/h1-6H,7-8H2,(H,18,19,22). The Labute approximate surface area is 156 Å². The van der Waals surface area contributed by atoms with Gasteiger partial charge in [0, 0.05) is 11.8 Å². The molecule has 0 bridgehead atoms. The van der Waals surface area contributed by atoms with Gasteiger partial charge in [0.2, 0.25) is 18.6 Å². The van der Waals surface area contributed by atoms with Gasteiger partial charge >= 0.3 is 0 Å². The molecule has 8 nitrogen and oxygen atoms in total. The summed E-state index contributed by atoms with van der Waals surface area (Å²) >= 11 is 6.88. The zero-order valence-corrected chi connectivity index (χ0v) is 14.7. The number of nitrogens with zero attached hydrogens (tertiary/aromatic N) is 3. The number of carbonyl (C=O) groups excluding carboxylic acids is 1. The molecule has 4 rings (SSSR count). The van der Waals surface area contributed by atoms with E-state index < -0.39 is 0 Å². The van der Waals surface area contributed by atoms with Gasteiger partial charge in [-0.2, -0.15) is 0 Å². The zero-order chi connectivity index (χ0) is 17.9. The fraction of sp³-hybridized carbons (Fsp3) is 0.125. The Balaban J connectivity index is 1.36. The normalized spacial score (nSPS) is 12.2. The molecular formula is C16H11ClN4O4S. The molecule has 1 N–H and O–H groups in total. The van der Waals surface area contributed by atoms with Gasteiger partial charge in [0.1, 0.15) is 5.82 Å². The minimum atomic E-state index is -0.243. The van der Waals surface area contributed by atoms with Gasteiger partial charge in [-0.1, -0.05) is 23.4 Å². The van der Waals surface area contributed by atoms with Crippen LogP contribution in [0, 0.1) is 0 Å². The van der Waals surface area contributed by atoms with Crippen molar-refractivity contribution in [2.45, 2.75) is 5.22 Å². The van der Waals surface area contributed by atoms with Gasteiger partial charge in [0.15, 0.2) is 11.5 Å². The summed E-state index contributed by atoms with van der Waals surface area (Å²) < 4.78 is 16.2. The van der Waals surface area contributed by atoms with Crippen LogP contribution in [0.1, 0.15) is 0 Å². The number of pyridine rings is 1. The highest BCUT2D eigenvalue weighted by molar-refractivity contribution is 7.99. The van der Waals surface area contributed by atoms with Crippen LogP contribution in [0.4, 0.5) is 5.82 Å². The van der Waals surface area contributed by atoms with Crippen molar-refractivity contribution in [3.05, 3.63) is 41.6 Å². The highest BCUT2D eigenvalue weighted by atomic mass is 35.5. The van der Waals surface area contributed by atoms with Crippen molar-refractivity contribution < 1.29 is 18.7 Å². The summed E-state index contributed by atoms with van der Waals surface area (Å²) in [6.45, 7) is 0.196. The van der Waals surface area contributed by atoms with E-state index in [4.69, 9.17) is 25.5 Å². The quantitative estimate of drug-likeness (QED) is 0.663. The Hall–Kier alpha value is -2.78. The predicted octanol–water partition coefficient (Wildman–Crippen LogP) is 3.24. The SMILES string of the molecule is O=C(CSc1nnc(-c2ccc3c(c2)OCO3)o1)Nc1ccc(Cl)cn1. The van der Waals surface area contributed by atoms with E-state index in [0.29, 0.717) is 33.8 Å². The minimum absolute atomic E-state index is 0.104. The Kier molecular flexibility index (Phi) is 4.63. The van der Waals surface area contributed by atoms with E-state index in [2.05, 4.69) is 20.5 Å². The minimum Gasteiger partial charge on any atom is -0.454 e. The molecule has 0 saturated carbocycles. The number of benzene rings is 1. The second kappa shape index (κ2) is 7.22. The van der Waals surface area contributed by atoms with Crippen molar-refractivity contribution in [2.75, 3.05) is 17.9 Å². The number of nitrogens with one attached hydrogen (secondary N) is 1. The lowest BCUT2D eigenvalue weighted by Crippen LogP contribution is -2.14. The first kappa shape index (κ1) is 16.7. The van der Waals surface area contributed by atoms with Gasteiger partial charge in [-0.15, -0.1) is 10.2 Å². The number of anilines is 1. The molecule has 1 aliphatic rings. The summed E-state index contributed by atoms with van der Waals surface area (Å²) in [6, 6.07) is 8.61. The monoisotopic (exact) mass is 390 g/mol. The molecule has 2 aromatic heterocycles. The molecule has 1 amide bonds. The number of thioether (sulfide) groups is 1. The lowest BCUT2D eigenvalue weighted by molar-refractivity contribution is -0.113. The molecule has 26 heavy (non-hydrogen) atoms. The van der Waals surface area contributed by atoms with Crippen LogP contribution in [0.25, 0.3) is 11.5 Å². The fourth-order valence-corrected chi connectivity index (χ4v) is 2.85. The van der Waals surface area contributed by atoms with Gasteiger partial charge in [-0.3, -0.25) is 4.79 Å². The van der Waals surface area contributed by atoms with Crippen molar-refractivity contribution in [3.8, 4) is 23.0 Å². The molecule has 10 heteroatoms. The molecule has 0 aliphatic carbocycles. The van der Waals surface area contributed by atoms with E-state index in [0.717, 1.165) is 11.8 Å². The summed E-state index contributed by atoms with van der Waals surface area (Å²) in [5.74, 6) is 1.93. The molecule has 0 atom stereocenters. The molecule has 1 aliphatic heterocycles. The van der Waals surface area contributed by atoms with Crippen molar-refractivity contribution in [1.29, 1.82) is 0 Å². The van der Waals surface area contributed by atoms with Crippen LogP contribution in [-0.2, 0) is 4.79 Å². The fourth-order valence-electron chi connectivity index (χ4n) is 2.17. The molecule has 0 fully saturated rings. The maximum atomic E-state index is 12.0. The van der Waals surface area contributed by atoms with E-state index in [1.807, 2.05) is 0 Å². The molecule has 0 spiro atoms. The second-order valence-corrected chi connectivity index (χ2v) is 6.50. The van der Waals surface area contributed by atoms with E-state index in [1.54, 1.807) is 30.3 Å². The number of hydrogen-bond acceptors (Lipinski definition) is 8. The molecule has 3 heterocycles. The lowest BCUT2D eigenvalue weighted by atomic mass is 10.2. The molecule has 0 unspecified atom stereocenters. The maximum Gasteiger partial charge on any atom is 0.277 e. The van der Waals surface area contributed by atoms with Crippen molar-refractivity contribution >= 4 is 35.1 Å².